The maximum Gasteiger partial charge on any atom is 0.225 e. The molecular formula is C19H28ClN3O2. The van der Waals surface area contributed by atoms with Crippen LogP contribution in [-0.2, 0) is 16.0 Å². The number of hydrogen-bond acceptors (Lipinski definition) is 4. The number of carbonyl (C=O) groups is 1. The molecule has 0 spiro atoms. The predicted octanol–water partition coefficient (Wildman–Crippen LogP) is 1.62. The molecule has 138 valence electrons. The molecule has 1 aromatic rings. The SMILES string of the molecule is Cl.O=C(CC1OCCc2ccccc21)N1CCC(N2CCNCC2)C1. The molecule has 1 amide bonds. The van der Waals surface area contributed by atoms with Crippen molar-refractivity contribution < 1.29 is 9.53 Å². The average molecular weight is 366 g/mol. The largest absolute Gasteiger partial charge is 0.373 e. The quantitative estimate of drug-likeness (QED) is 0.884. The first-order valence-electron chi connectivity index (χ1n) is 9.23. The van der Waals surface area contributed by atoms with E-state index in [0.717, 1.165) is 58.7 Å². The molecule has 25 heavy (non-hydrogen) atoms. The van der Waals surface area contributed by atoms with Crippen LogP contribution >= 0.6 is 12.4 Å². The van der Waals surface area contributed by atoms with Gasteiger partial charge in [-0.15, -0.1) is 12.4 Å². The van der Waals surface area contributed by atoms with Crippen molar-refractivity contribution in [3.05, 3.63) is 35.4 Å². The Balaban J connectivity index is 0.00000182. The van der Waals surface area contributed by atoms with Crippen LogP contribution in [0.5, 0.6) is 0 Å². The zero-order valence-corrected chi connectivity index (χ0v) is 15.5. The van der Waals surface area contributed by atoms with Gasteiger partial charge in [0.05, 0.1) is 19.1 Å². The molecule has 6 heteroatoms. The zero-order chi connectivity index (χ0) is 16.4. The van der Waals surface area contributed by atoms with Crippen molar-refractivity contribution in [2.75, 3.05) is 45.9 Å². The molecule has 2 fully saturated rings. The van der Waals surface area contributed by atoms with E-state index in [1.807, 2.05) is 11.0 Å². The highest BCUT2D eigenvalue weighted by Gasteiger charge is 2.32. The van der Waals surface area contributed by atoms with E-state index in [9.17, 15) is 4.79 Å². The third kappa shape index (κ3) is 4.17. The summed E-state index contributed by atoms with van der Waals surface area (Å²) >= 11 is 0. The number of amides is 1. The van der Waals surface area contributed by atoms with E-state index in [0.29, 0.717) is 12.5 Å². The summed E-state index contributed by atoms with van der Waals surface area (Å²) in [6.45, 7) is 6.83. The van der Waals surface area contributed by atoms with Gasteiger partial charge in [0, 0.05) is 45.3 Å². The number of nitrogens with zero attached hydrogens (tertiary/aromatic N) is 2. The van der Waals surface area contributed by atoms with Crippen molar-refractivity contribution >= 4 is 18.3 Å². The number of benzene rings is 1. The highest BCUT2D eigenvalue weighted by atomic mass is 35.5. The minimum absolute atomic E-state index is 0. The smallest absolute Gasteiger partial charge is 0.225 e. The normalized spacial score (nSPS) is 26.8. The van der Waals surface area contributed by atoms with Gasteiger partial charge in [0.1, 0.15) is 0 Å². The second-order valence-electron chi connectivity index (χ2n) is 7.08. The fourth-order valence-corrected chi connectivity index (χ4v) is 4.25. The standard InChI is InChI=1S/C19H27N3O2.ClH/c23-19(13-18-17-4-2-1-3-15(17)6-12-24-18)22-9-5-16(14-22)21-10-7-20-8-11-21;/h1-4,16,18,20H,5-14H2;1H. The van der Waals surface area contributed by atoms with Gasteiger partial charge in [-0.2, -0.15) is 0 Å². The summed E-state index contributed by atoms with van der Waals surface area (Å²) < 4.78 is 5.91. The maximum atomic E-state index is 12.8. The first-order chi connectivity index (χ1) is 11.8. The fourth-order valence-electron chi connectivity index (χ4n) is 4.25. The van der Waals surface area contributed by atoms with Crippen molar-refractivity contribution in [2.24, 2.45) is 0 Å². The maximum absolute atomic E-state index is 12.8. The van der Waals surface area contributed by atoms with Crippen LogP contribution < -0.4 is 5.32 Å². The second kappa shape index (κ2) is 8.49. The molecule has 2 unspecified atom stereocenters. The molecule has 0 aliphatic carbocycles. The summed E-state index contributed by atoms with van der Waals surface area (Å²) in [5, 5.41) is 3.40. The molecule has 0 saturated carbocycles. The topological polar surface area (TPSA) is 44.8 Å². The van der Waals surface area contributed by atoms with E-state index >= 15 is 0 Å². The molecule has 3 aliphatic rings. The van der Waals surface area contributed by atoms with E-state index < -0.39 is 0 Å². The van der Waals surface area contributed by atoms with Crippen molar-refractivity contribution in [2.45, 2.75) is 31.4 Å². The molecule has 2 saturated heterocycles. The highest BCUT2D eigenvalue weighted by molar-refractivity contribution is 5.85. The number of piperazine rings is 1. The number of nitrogens with one attached hydrogen (secondary N) is 1. The minimum Gasteiger partial charge on any atom is -0.373 e. The molecule has 0 bridgehead atoms. The third-order valence-electron chi connectivity index (χ3n) is 5.64. The van der Waals surface area contributed by atoms with Gasteiger partial charge in [-0.1, -0.05) is 24.3 Å². The first-order valence-corrected chi connectivity index (χ1v) is 9.23. The van der Waals surface area contributed by atoms with Crippen molar-refractivity contribution in [3.63, 3.8) is 0 Å². The summed E-state index contributed by atoms with van der Waals surface area (Å²) in [5.74, 6) is 0.245. The summed E-state index contributed by atoms with van der Waals surface area (Å²) in [6.07, 6.45) is 2.47. The van der Waals surface area contributed by atoms with Gasteiger partial charge in [0.25, 0.3) is 0 Å². The molecule has 0 radical (unpaired) electrons. The lowest BCUT2D eigenvalue weighted by molar-refractivity contribution is -0.133. The number of rotatable bonds is 3. The molecule has 5 nitrogen and oxygen atoms in total. The van der Waals surface area contributed by atoms with E-state index in [4.69, 9.17) is 4.74 Å². The summed E-state index contributed by atoms with van der Waals surface area (Å²) in [7, 11) is 0. The lowest BCUT2D eigenvalue weighted by Crippen LogP contribution is -2.49. The van der Waals surface area contributed by atoms with Gasteiger partial charge in [0.15, 0.2) is 0 Å². The Morgan fingerprint density at radius 2 is 2.00 bits per heavy atom. The van der Waals surface area contributed by atoms with Crippen LogP contribution in [0, 0.1) is 0 Å². The average Bonchev–Trinajstić information content (AvgIpc) is 3.13. The van der Waals surface area contributed by atoms with Crippen LogP contribution in [0.15, 0.2) is 24.3 Å². The third-order valence-corrected chi connectivity index (χ3v) is 5.64. The summed E-state index contributed by atoms with van der Waals surface area (Å²) in [4.78, 5) is 17.4. The Labute approximate surface area is 156 Å². The number of likely N-dealkylation sites (tertiary alicyclic amines) is 1. The molecule has 0 aromatic heterocycles. The predicted molar refractivity (Wildman–Crippen MR) is 100 cm³/mol. The Morgan fingerprint density at radius 3 is 2.84 bits per heavy atom. The highest BCUT2D eigenvalue weighted by Crippen LogP contribution is 2.30. The van der Waals surface area contributed by atoms with Gasteiger partial charge in [-0.3, -0.25) is 9.69 Å². The number of hydrogen-bond donors (Lipinski definition) is 1. The van der Waals surface area contributed by atoms with Gasteiger partial charge in [-0.05, 0) is 24.0 Å². The van der Waals surface area contributed by atoms with Gasteiger partial charge < -0.3 is 15.0 Å². The van der Waals surface area contributed by atoms with Crippen LogP contribution in [-0.4, -0.2) is 67.6 Å². The fraction of sp³-hybridized carbons (Fsp3) is 0.632. The lowest BCUT2D eigenvalue weighted by atomic mass is 9.95. The number of carbonyl (C=O) groups excluding carboxylic acids is 1. The zero-order valence-electron chi connectivity index (χ0n) is 14.7. The molecule has 4 rings (SSSR count). The van der Waals surface area contributed by atoms with Crippen LogP contribution in [0.25, 0.3) is 0 Å². The molecule has 3 heterocycles. The lowest BCUT2D eigenvalue weighted by Gasteiger charge is -2.32. The molecule has 3 aliphatic heterocycles. The number of halogens is 1. The van der Waals surface area contributed by atoms with E-state index in [1.165, 1.54) is 11.1 Å². The van der Waals surface area contributed by atoms with E-state index in [2.05, 4.69) is 28.4 Å². The monoisotopic (exact) mass is 365 g/mol. The van der Waals surface area contributed by atoms with E-state index in [-0.39, 0.29) is 24.4 Å². The first kappa shape index (κ1) is 18.6. The van der Waals surface area contributed by atoms with Crippen LogP contribution in [0.1, 0.15) is 30.1 Å². The van der Waals surface area contributed by atoms with E-state index in [1.54, 1.807) is 0 Å². The van der Waals surface area contributed by atoms with Crippen LogP contribution in [0.4, 0.5) is 0 Å². The van der Waals surface area contributed by atoms with Crippen molar-refractivity contribution in [1.82, 2.24) is 15.1 Å². The Hall–Kier alpha value is -1.14. The number of fused-ring (bicyclic) bond motifs is 1. The summed E-state index contributed by atoms with van der Waals surface area (Å²) in [5.41, 5.74) is 2.54. The Kier molecular flexibility index (Phi) is 6.34. The Morgan fingerprint density at radius 1 is 1.20 bits per heavy atom. The summed E-state index contributed by atoms with van der Waals surface area (Å²) in [6, 6.07) is 8.92. The van der Waals surface area contributed by atoms with Gasteiger partial charge in [-0.25, -0.2) is 0 Å². The van der Waals surface area contributed by atoms with Gasteiger partial charge >= 0.3 is 0 Å². The van der Waals surface area contributed by atoms with Crippen molar-refractivity contribution in [3.8, 4) is 0 Å². The molecule has 1 aromatic carbocycles. The molecule has 2 atom stereocenters. The minimum atomic E-state index is -0.0688. The second-order valence-corrected chi connectivity index (χ2v) is 7.08. The number of ether oxygens (including phenoxy) is 1. The molecular weight excluding hydrogens is 338 g/mol. The molecule has 1 N–H and O–H groups in total. The van der Waals surface area contributed by atoms with Crippen LogP contribution in [0.3, 0.4) is 0 Å². The Bertz CT molecular complexity index is 592. The van der Waals surface area contributed by atoms with Crippen LogP contribution in [0.2, 0.25) is 0 Å². The van der Waals surface area contributed by atoms with Gasteiger partial charge in [0.2, 0.25) is 5.91 Å². The van der Waals surface area contributed by atoms with Crippen molar-refractivity contribution in [1.29, 1.82) is 0 Å².